The second-order valence-corrected chi connectivity index (χ2v) is 12.5. The van der Waals surface area contributed by atoms with Crippen LogP contribution in [0.5, 0.6) is 23.0 Å². The summed E-state index contributed by atoms with van der Waals surface area (Å²) >= 11 is 0. The molecule has 4 rings (SSSR count). The van der Waals surface area contributed by atoms with E-state index in [0.29, 0.717) is 23.0 Å². The van der Waals surface area contributed by atoms with E-state index in [1.165, 1.54) is 126 Å². The smallest absolute Gasteiger partial charge is 0.422 e. The molecule has 0 fully saturated rings. The summed E-state index contributed by atoms with van der Waals surface area (Å²) in [7, 11) is 5.67. The summed E-state index contributed by atoms with van der Waals surface area (Å²) in [6.45, 7) is -3.65. The van der Waals surface area contributed by atoms with Gasteiger partial charge in [0.05, 0.1) is 50.7 Å². The molecule has 0 N–H and O–H groups in total. The number of ether oxygens (including phenoxy) is 8. The van der Waals surface area contributed by atoms with E-state index < -0.39 is 78.6 Å². The first-order valence-corrected chi connectivity index (χ1v) is 17.6. The summed E-state index contributed by atoms with van der Waals surface area (Å²) < 4.78 is 42.7. The molecule has 0 spiro atoms. The van der Waals surface area contributed by atoms with Gasteiger partial charge in [0.1, 0.15) is 54.8 Å². The Hall–Kier alpha value is -8.52. The Morgan fingerprint density at radius 2 is 0.557 bits per heavy atom. The number of benzene rings is 4. The number of hydrogen-bond acceptors (Lipinski definition) is 12. The van der Waals surface area contributed by atoms with Crippen LogP contribution in [0.15, 0.2) is 97.1 Å². The lowest BCUT2D eigenvalue weighted by atomic mass is 9.91. The molecule has 0 atom stereocenters. The normalized spacial score (nSPS) is 11.0. The molecule has 0 heterocycles. The molecular formula is C41H36N8O12. The van der Waals surface area contributed by atoms with Crippen molar-refractivity contribution in [2.45, 2.75) is 0 Å². The quantitative estimate of drug-likeness (QED) is 0.0408. The van der Waals surface area contributed by atoms with Gasteiger partial charge in [-0.3, -0.25) is 0 Å². The third-order valence-corrected chi connectivity index (χ3v) is 8.67. The van der Waals surface area contributed by atoms with Gasteiger partial charge in [0.2, 0.25) is 0 Å². The second kappa shape index (κ2) is 21.9. The van der Waals surface area contributed by atoms with E-state index in [4.69, 9.17) is 37.9 Å². The fourth-order valence-electron chi connectivity index (χ4n) is 5.26. The third kappa shape index (κ3) is 11.8. The molecule has 0 bridgehead atoms. The first-order chi connectivity index (χ1) is 29.5. The first kappa shape index (κ1) is 45.2. The van der Waals surface area contributed by atoms with Crippen LogP contribution in [0.4, 0.5) is 0 Å². The van der Waals surface area contributed by atoms with Gasteiger partial charge < -0.3 is 60.0 Å². The Balaban J connectivity index is 1.74. The highest BCUT2D eigenvalue weighted by Gasteiger charge is 2.43. The predicted molar refractivity (Wildman–Crippen MR) is 209 cm³/mol. The molecule has 0 radical (unpaired) electrons. The van der Waals surface area contributed by atoms with Gasteiger partial charge in [-0.25, -0.2) is 19.2 Å². The van der Waals surface area contributed by atoms with Crippen LogP contribution in [-0.4, -0.2) is 121 Å². The highest BCUT2D eigenvalue weighted by atomic mass is 16.6. The van der Waals surface area contributed by atoms with E-state index in [1.807, 2.05) is 0 Å². The van der Waals surface area contributed by atoms with Crippen molar-refractivity contribution in [3.63, 3.8) is 0 Å². The predicted octanol–water partition coefficient (Wildman–Crippen LogP) is 3.06. The SMILES string of the molecule is COc1ccc(C(=[N+]=[N-])C(=O)OCC(COC(=O)C(=[N+]=[N-])c2ccc(OC)cc2)(COC(=O)C(=[N+]=[N-])c2ccc(OC)cc2)COC(=O)C(=[N+]=[N-])c2ccc(OC)cc2)cc1. The maximum atomic E-state index is 13.5. The highest BCUT2D eigenvalue weighted by Crippen LogP contribution is 2.24. The zero-order valence-corrected chi connectivity index (χ0v) is 33.0. The molecule has 0 saturated heterocycles. The topological polar surface area (TPSA) is 288 Å². The van der Waals surface area contributed by atoms with Gasteiger partial charge in [0, 0.05) is 0 Å². The lowest BCUT2D eigenvalue weighted by molar-refractivity contribution is -0.166. The third-order valence-electron chi connectivity index (χ3n) is 8.67. The zero-order chi connectivity index (χ0) is 44.4. The molecule has 61 heavy (non-hydrogen) atoms. The zero-order valence-electron chi connectivity index (χ0n) is 33.0. The molecule has 0 aliphatic carbocycles. The van der Waals surface area contributed by atoms with Crippen molar-refractivity contribution in [3.05, 3.63) is 141 Å². The number of carbonyl (C=O) groups excluding carboxylic acids is 4. The molecule has 0 aliphatic heterocycles. The Morgan fingerprint density at radius 3 is 0.705 bits per heavy atom. The van der Waals surface area contributed by atoms with Crippen molar-refractivity contribution in [1.82, 2.24) is 0 Å². The number of nitrogens with zero attached hydrogens (tertiary/aromatic N) is 8. The molecule has 0 saturated carbocycles. The van der Waals surface area contributed by atoms with Crippen molar-refractivity contribution in [2.75, 3.05) is 54.9 Å². The van der Waals surface area contributed by atoms with Gasteiger partial charge in [0.25, 0.3) is 0 Å². The van der Waals surface area contributed by atoms with Gasteiger partial charge in [-0.05, 0) is 97.1 Å². The molecule has 20 nitrogen and oxygen atoms in total. The Morgan fingerprint density at radius 1 is 0.377 bits per heavy atom. The summed E-state index contributed by atoms with van der Waals surface area (Å²) in [5.41, 5.74) is 35.2. The van der Waals surface area contributed by atoms with Crippen LogP contribution >= 0.6 is 0 Å². The van der Waals surface area contributed by atoms with Crippen molar-refractivity contribution in [1.29, 1.82) is 0 Å². The highest BCUT2D eigenvalue weighted by molar-refractivity contribution is 6.42. The fraction of sp³-hybridized carbons (Fsp3) is 0.220. The molecule has 0 aromatic heterocycles. The molecule has 20 heteroatoms. The monoisotopic (exact) mass is 832 g/mol. The number of esters is 4. The van der Waals surface area contributed by atoms with Gasteiger partial charge in [-0.1, -0.05) is 0 Å². The molecule has 0 unspecified atom stereocenters. The van der Waals surface area contributed by atoms with E-state index >= 15 is 0 Å². The minimum absolute atomic E-state index is 0.0815. The Bertz CT molecular complexity index is 2100. The maximum Gasteiger partial charge on any atom is 0.422 e. The van der Waals surface area contributed by atoms with E-state index in [2.05, 4.69) is 19.2 Å². The minimum Gasteiger partial charge on any atom is -0.497 e. The summed E-state index contributed by atoms with van der Waals surface area (Å²) in [4.78, 5) is 66.3. The van der Waals surface area contributed by atoms with Crippen molar-refractivity contribution < 1.29 is 76.2 Å². The number of hydrogen-bond donors (Lipinski definition) is 0. The Labute approximate surface area is 347 Å². The van der Waals surface area contributed by atoms with E-state index in [0.717, 1.165) is 0 Å². The molecule has 312 valence electrons. The summed E-state index contributed by atoms with van der Waals surface area (Å²) in [6, 6.07) is 23.0. The van der Waals surface area contributed by atoms with Gasteiger partial charge in [-0.2, -0.15) is 19.2 Å². The van der Waals surface area contributed by atoms with Gasteiger partial charge in [-0.15, -0.1) is 0 Å². The van der Waals surface area contributed by atoms with Crippen LogP contribution in [0.1, 0.15) is 22.3 Å². The number of methoxy groups -OCH3 is 4. The van der Waals surface area contributed by atoms with Crippen LogP contribution in [0, 0.1) is 5.41 Å². The number of carbonyl (C=O) groups is 4. The summed E-state index contributed by atoms with van der Waals surface area (Å²) in [5, 5.41) is 0. The standard InChI is InChI=1S/C41H36N8O12/c1-54-29-13-5-25(6-14-29)33(46-42)37(50)58-21-41(22-59-38(51)34(47-43)26-7-15-30(55-2)16-8-26,23-60-39(52)35(48-44)27-9-17-31(56-3)18-10-27)24-61-40(53)36(49-45)28-11-19-32(57-4)20-12-28/h5-20H,21-24H2,1-4H3. The second-order valence-electron chi connectivity index (χ2n) is 12.5. The largest absolute Gasteiger partial charge is 0.497 e. The lowest BCUT2D eigenvalue weighted by Crippen LogP contribution is -2.46. The van der Waals surface area contributed by atoms with Crippen LogP contribution in [-0.2, 0) is 38.1 Å². The van der Waals surface area contributed by atoms with E-state index in [-0.39, 0.29) is 22.3 Å². The minimum atomic E-state index is -2.07. The average Bonchev–Trinajstić information content (AvgIpc) is 3.30. The summed E-state index contributed by atoms with van der Waals surface area (Å²) in [5.74, 6) is -3.32. The van der Waals surface area contributed by atoms with Crippen LogP contribution in [0.2, 0.25) is 0 Å². The van der Waals surface area contributed by atoms with Crippen molar-refractivity contribution >= 4 is 46.7 Å². The molecule has 4 aromatic rings. The van der Waals surface area contributed by atoms with Gasteiger partial charge >= 0.3 is 46.7 Å². The van der Waals surface area contributed by atoms with Crippen LogP contribution in [0.3, 0.4) is 0 Å². The van der Waals surface area contributed by atoms with Crippen molar-refractivity contribution in [3.8, 4) is 23.0 Å². The van der Waals surface area contributed by atoms with E-state index in [9.17, 15) is 41.3 Å². The fourth-order valence-corrected chi connectivity index (χ4v) is 5.26. The molecule has 0 aliphatic rings. The van der Waals surface area contributed by atoms with Crippen LogP contribution < -0.4 is 18.9 Å². The average molecular weight is 833 g/mol. The molecule has 4 aromatic carbocycles. The lowest BCUT2D eigenvalue weighted by Gasteiger charge is -2.30. The van der Waals surface area contributed by atoms with E-state index in [1.54, 1.807) is 0 Å². The first-order valence-electron chi connectivity index (χ1n) is 17.6. The van der Waals surface area contributed by atoms with Crippen LogP contribution in [0.25, 0.3) is 22.1 Å². The molecule has 0 amide bonds. The molecular weight excluding hydrogens is 796 g/mol. The summed E-state index contributed by atoms with van der Waals surface area (Å²) in [6.07, 6.45) is 0. The number of rotatable bonds is 20. The Kier molecular flexibility index (Phi) is 16.2. The van der Waals surface area contributed by atoms with Gasteiger partial charge in [0.15, 0.2) is 0 Å². The maximum absolute atomic E-state index is 13.5. The van der Waals surface area contributed by atoms with Crippen molar-refractivity contribution in [2.24, 2.45) is 5.41 Å².